The average Bonchev–Trinajstić information content (AvgIpc) is 2.69. The summed E-state index contributed by atoms with van der Waals surface area (Å²) in [6.07, 6.45) is 0.875. The van der Waals surface area contributed by atoms with E-state index < -0.39 is 5.97 Å². The fourth-order valence-corrected chi connectivity index (χ4v) is 2.54. The van der Waals surface area contributed by atoms with Crippen LogP contribution >= 0.6 is 0 Å². The molecule has 0 bridgehead atoms. The fourth-order valence-electron chi connectivity index (χ4n) is 2.54. The number of esters is 1. The fraction of sp³-hybridized carbons (Fsp3) is 0.238. The molecular weight excluding hydrogens is 330 g/mol. The van der Waals surface area contributed by atoms with Crippen LogP contribution in [0.5, 0.6) is 11.5 Å². The first-order valence-corrected chi connectivity index (χ1v) is 8.53. The summed E-state index contributed by atoms with van der Waals surface area (Å²) in [7, 11) is 1.35. The highest BCUT2D eigenvalue weighted by Crippen LogP contribution is 2.25. The molecule has 0 atom stereocenters. The summed E-state index contributed by atoms with van der Waals surface area (Å²) < 4.78 is 16.3. The van der Waals surface area contributed by atoms with Crippen molar-refractivity contribution in [3.05, 3.63) is 65.9 Å². The first-order chi connectivity index (χ1) is 12.7. The molecule has 3 aromatic rings. The maximum Gasteiger partial charge on any atom is 0.338 e. The number of nitrogens with zero attached hydrogens (tertiary/aromatic N) is 1. The number of hydrogen-bond donors (Lipinski definition) is 0. The van der Waals surface area contributed by atoms with E-state index in [0.717, 1.165) is 23.0 Å². The van der Waals surface area contributed by atoms with E-state index in [1.807, 2.05) is 43.3 Å². The van der Waals surface area contributed by atoms with E-state index in [2.05, 4.69) is 4.98 Å². The zero-order chi connectivity index (χ0) is 18.4. The molecule has 0 unspecified atom stereocenters. The molecule has 0 amide bonds. The van der Waals surface area contributed by atoms with Crippen molar-refractivity contribution in [3.63, 3.8) is 0 Å². The summed E-state index contributed by atoms with van der Waals surface area (Å²) in [5, 5.41) is 1.08. The zero-order valence-corrected chi connectivity index (χ0v) is 14.9. The van der Waals surface area contributed by atoms with Gasteiger partial charge in [0.25, 0.3) is 0 Å². The number of pyridine rings is 1. The van der Waals surface area contributed by atoms with Crippen LogP contribution in [0.25, 0.3) is 10.9 Å². The lowest BCUT2D eigenvalue weighted by molar-refractivity contribution is 0.0599. The average molecular weight is 351 g/mol. The van der Waals surface area contributed by atoms with Gasteiger partial charge in [-0.2, -0.15) is 0 Å². The number of carbonyl (C=O) groups is 1. The van der Waals surface area contributed by atoms with E-state index >= 15 is 0 Å². The van der Waals surface area contributed by atoms with Crippen molar-refractivity contribution in [3.8, 4) is 11.5 Å². The Hall–Kier alpha value is -3.08. The predicted molar refractivity (Wildman–Crippen MR) is 99.6 cm³/mol. The van der Waals surface area contributed by atoms with Crippen LogP contribution in [0.1, 0.15) is 29.4 Å². The number of para-hydroxylation sites is 1. The Morgan fingerprint density at radius 3 is 2.54 bits per heavy atom. The second-order valence-corrected chi connectivity index (χ2v) is 5.82. The quantitative estimate of drug-likeness (QED) is 0.591. The van der Waals surface area contributed by atoms with Gasteiger partial charge in [-0.1, -0.05) is 31.2 Å². The molecule has 0 fully saturated rings. The maximum atomic E-state index is 11.9. The molecule has 0 saturated carbocycles. The van der Waals surface area contributed by atoms with Crippen molar-refractivity contribution < 1.29 is 19.0 Å². The largest absolute Gasteiger partial charge is 0.493 e. The van der Waals surface area contributed by atoms with Crippen LogP contribution in [0.4, 0.5) is 0 Å². The van der Waals surface area contributed by atoms with E-state index in [4.69, 9.17) is 14.2 Å². The minimum Gasteiger partial charge on any atom is -0.493 e. The number of rotatable bonds is 7. The van der Waals surface area contributed by atoms with Crippen molar-refractivity contribution in [1.29, 1.82) is 0 Å². The molecule has 26 heavy (non-hydrogen) atoms. The molecule has 0 aliphatic carbocycles. The van der Waals surface area contributed by atoms with E-state index in [9.17, 15) is 4.79 Å². The van der Waals surface area contributed by atoms with Gasteiger partial charge in [-0.3, -0.25) is 0 Å². The predicted octanol–water partition coefficient (Wildman–Crippen LogP) is 4.39. The monoisotopic (exact) mass is 351 g/mol. The molecule has 1 aromatic heterocycles. The summed E-state index contributed by atoms with van der Waals surface area (Å²) in [5.74, 6) is 0.686. The van der Waals surface area contributed by atoms with Crippen LogP contribution in [0, 0.1) is 0 Å². The number of hydrogen-bond acceptors (Lipinski definition) is 5. The maximum absolute atomic E-state index is 11.9. The van der Waals surface area contributed by atoms with Gasteiger partial charge in [0.15, 0.2) is 0 Å². The Morgan fingerprint density at radius 2 is 1.77 bits per heavy atom. The molecule has 5 nitrogen and oxygen atoms in total. The van der Waals surface area contributed by atoms with Crippen LogP contribution in [-0.4, -0.2) is 24.7 Å². The molecular formula is C21H21NO4. The molecule has 0 N–H and O–H groups in total. The topological polar surface area (TPSA) is 57.7 Å². The van der Waals surface area contributed by atoms with Gasteiger partial charge in [0.1, 0.15) is 18.1 Å². The lowest BCUT2D eigenvalue weighted by atomic mass is 10.2. The minimum absolute atomic E-state index is 0.294. The molecule has 3 rings (SSSR count). The third-order valence-corrected chi connectivity index (χ3v) is 3.82. The smallest absolute Gasteiger partial charge is 0.338 e. The van der Waals surface area contributed by atoms with Crippen molar-refractivity contribution >= 4 is 16.9 Å². The van der Waals surface area contributed by atoms with Crippen molar-refractivity contribution in [2.75, 3.05) is 13.7 Å². The standard InChI is InChI=1S/C21H21NO4/c1-3-10-25-18-11-16(21(23)24-2)12-19(13-18)26-14-17-9-8-15-6-4-5-7-20(15)22-17/h4-9,11-13H,3,10,14H2,1-2H3. The van der Waals surface area contributed by atoms with Crippen molar-refractivity contribution in [2.45, 2.75) is 20.0 Å². The number of ether oxygens (including phenoxy) is 3. The summed E-state index contributed by atoms with van der Waals surface area (Å²) in [5.41, 5.74) is 2.12. The summed E-state index contributed by atoms with van der Waals surface area (Å²) in [6.45, 7) is 2.88. The van der Waals surface area contributed by atoms with E-state index in [1.165, 1.54) is 7.11 Å². The van der Waals surface area contributed by atoms with Crippen LogP contribution < -0.4 is 9.47 Å². The lowest BCUT2D eigenvalue weighted by Gasteiger charge is -2.11. The highest BCUT2D eigenvalue weighted by Gasteiger charge is 2.11. The van der Waals surface area contributed by atoms with Crippen LogP contribution in [0.2, 0.25) is 0 Å². The highest BCUT2D eigenvalue weighted by atomic mass is 16.5. The summed E-state index contributed by atoms with van der Waals surface area (Å²) >= 11 is 0. The van der Waals surface area contributed by atoms with Gasteiger partial charge in [0.05, 0.1) is 30.5 Å². The van der Waals surface area contributed by atoms with Gasteiger partial charge in [0.2, 0.25) is 0 Å². The molecule has 2 aromatic carbocycles. The normalized spacial score (nSPS) is 10.5. The lowest BCUT2D eigenvalue weighted by Crippen LogP contribution is -2.05. The first-order valence-electron chi connectivity index (χ1n) is 8.53. The number of benzene rings is 2. The number of aromatic nitrogens is 1. The third kappa shape index (κ3) is 4.30. The van der Waals surface area contributed by atoms with Crippen LogP contribution in [-0.2, 0) is 11.3 Å². The van der Waals surface area contributed by atoms with Gasteiger partial charge in [-0.05, 0) is 30.7 Å². The van der Waals surface area contributed by atoms with Crippen molar-refractivity contribution in [1.82, 2.24) is 4.98 Å². The van der Waals surface area contributed by atoms with Gasteiger partial charge < -0.3 is 14.2 Å². The molecule has 0 saturated heterocycles. The second kappa shape index (κ2) is 8.34. The van der Waals surface area contributed by atoms with Crippen LogP contribution in [0.3, 0.4) is 0 Å². The molecule has 5 heteroatoms. The zero-order valence-electron chi connectivity index (χ0n) is 14.9. The molecule has 0 radical (unpaired) electrons. The number of carbonyl (C=O) groups excluding carboxylic acids is 1. The first kappa shape index (κ1) is 17.7. The van der Waals surface area contributed by atoms with E-state index in [1.54, 1.807) is 18.2 Å². The summed E-state index contributed by atoms with van der Waals surface area (Å²) in [4.78, 5) is 16.5. The summed E-state index contributed by atoms with van der Waals surface area (Å²) in [6, 6.07) is 16.9. The highest BCUT2D eigenvalue weighted by molar-refractivity contribution is 5.90. The van der Waals surface area contributed by atoms with Gasteiger partial charge in [-0.25, -0.2) is 9.78 Å². The van der Waals surface area contributed by atoms with Gasteiger partial charge in [0, 0.05) is 11.5 Å². The Morgan fingerprint density at radius 1 is 1.00 bits per heavy atom. The molecule has 0 aliphatic rings. The van der Waals surface area contributed by atoms with Gasteiger partial charge in [-0.15, -0.1) is 0 Å². The van der Waals surface area contributed by atoms with E-state index in [-0.39, 0.29) is 0 Å². The Balaban J connectivity index is 1.79. The number of fused-ring (bicyclic) bond motifs is 1. The SMILES string of the molecule is CCCOc1cc(OCc2ccc3ccccc3n2)cc(C(=O)OC)c1. The van der Waals surface area contributed by atoms with Gasteiger partial charge >= 0.3 is 5.97 Å². The Bertz CT molecular complexity index is 907. The number of methoxy groups -OCH3 is 1. The minimum atomic E-state index is -0.430. The Kier molecular flexibility index (Phi) is 5.69. The van der Waals surface area contributed by atoms with Crippen molar-refractivity contribution in [2.24, 2.45) is 0 Å². The molecule has 0 aliphatic heterocycles. The Labute approximate surface area is 152 Å². The molecule has 0 spiro atoms. The third-order valence-electron chi connectivity index (χ3n) is 3.82. The molecule has 134 valence electrons. The van der Waals surface area contributed by atoms with E-state index in [0.29, 0.717) is 30.3 Å². The van der Waals surface area contributed by atoms with Crippen LogP contribution in [0.15, 0.2) is 54.6 Å². The second-order valence-electron chi connectivity index (χ2n) is 5.82. The molecule has 1 heterocycles.